The number of rotatable bonds is 4. The van der Waals surface area contributed by atoms with Gasteiger partial charge < -0.3 is 5.32 Å². The van der Waals surface area contributed by atoms with E-state index in [9.17, 15) is 0 Å². The molecule has 2 aromatic heterocycles. The summed E-state index contributed by atoms with van der Waals surface area (Å²) in [7, 11) is 0. The number of hydrogen-bond donors (Lipinski definition) is 1. The highest BCUT2D eigenvalue weighted by Gasteiger charge is 2.16. The van der Waals surface area contributed by atoms with Crippen molar-refractivity contribution in [3.63, 3.8) is 0 Å². The maximum absolute atomic E-state index is 4.35. The Kier molecular flexibility index (Phi) is 3.96. The second-order valence-corrected chi connectivity index (χ2v) is 5.16. The van der Waals surface area contributed by atoms with E-state index < -0.39 is 0 Å². The van der Waals surface area contributed by atoms with Gasteiger partial charge in [-0.3, -0.25) is 0 Å². The van der Waals surface area contributed by atoms with Gasteiger partial charge in [0.05, 0.1) is 10.7 Å². The van der Waals surface area contributed by atoms with Crippen LogP contribution in [0.3, 0.4) is 0 Å². The molecule has 0 saturated carbocycles. The van der Waals surface area contributed by atoms with E-state index in [4.69, 9.17) is 0 Å². The monoisotopic (exact) mass is 309 g/mol. The highest BCUT2D eigenvalue weighted by atomic mass is 79.9. The molecule has 0 aliphatic heterocycles. The molecule has 5 nitrogen and oxygen atoms in total. The Labute approximate surface area is 115 Å². The lowest BCUT2D eigenvalue weighted by Gasteiger charge is -2.16. The largest absolute Gasteiger partial charge is 0.370 e. The lowest BCUT2D eigenvalue weighted by atomic mass is 10.0. The molecule has 0 spiro atoms. The van der Waals surface area contributed by atoms with Gasteiger partial charge in [0, 0.05) is 18.3 Å². The molecule has 0 atom stereocenters. The van der Waals surface area contributed by atoms with Crippen LogP contribution >= 0.6 is 15.9 Å². The first-order valence-electron chi connectivity index (χ1n) is 5.92. The fraction of sp³-hybridized carbons (Fsp3) is 0.417. The predicted molar refractivity (Wildman–Crippen MR) is 75.1 cm³/mol. The van der Waals surface area contributed by atoms with Crippen LogP contribution in [0, 0.1) is 0 Å². The molecule has 0 aromatic carbocycles. The lowest BCUT2D eigenvalue weighted by Crippen LogP contribution is -2.11. The minimum absolute atomic E-state index is 0.318. The highest BCUT2D eigenvalue weighted by molar-refractivity contribution is 9.10. The van der Waals surface area contributed by atoms with Gasteiger partial charge in [0.25, 0.3) is 0 Å². The third-order valence-corrected chi connectivity index (χ3v) is 2.96. The highest BCUT2D eigenvalue weighted by Crippen LogP contribution is 2.27. The lowest BCUT2D eigenvalue weighted by molar-refractivity contribution is 0.773. The van der Waals surface area contributed by atoms with Crippen molar-refractivity contribution in [2.45, 2.75) is 26.7 Å². The Balaban J connectivity index is 2.56. The average Bonchev–Trinajstić information content (AvgIpc) is 2.75. The maximum atomic E-state index is 4.35. The maximum Gasteiger partial charge on any atom is 0.162 e. The summed E-state index contributed by atoms with van der Waals surface area (Å²) in [6, 6.07) is 0. The molecule has 0 fully saturated rings. The minimum Gasteiger partial charge on any atom is -0.370 e. The van der Waals surface area contributed by atoms with Gasteiger partial charge in [-0.25, -0.2) is 14.6 Å². The summed E-state index contributed by atoms with van der Waals surface area (Å²) < 4.78 is 2.70. The Morgan fingerprint density at radius 3 is 2.72 bits per heavy atom. The van der Waals surface area contributed by atoms with Crippen LogP contribution in [-0.2, 0) is 0 Å². The molecule has 0 radical (unpaired) electrons. The molecule has 0 aliphatic carbocycles. The van der Waals surface area contributed by atoms with Gasteiger partial charge in [-0.2, -0.15) is 5.10 Å². The number of aromatic nitrogens is 4. The molecule has 2 rings (SSSR count). The smallest absolute Gasteiger partial charge is 0.162 e. The third kappa shape index (κ3) is 2.53. The van der Waals surface area contributed by atoms with Crippen molar-refractivity contribution in [2.75, 3.05) is 11.9 Å². The van der Waals surface area contributed by atoms with E-state index in [1.54, 1.807) is 17.2 Å². The molecule has 1 N–H and O–H groups in total. The summed E-state index contributed by atoms with van der Waals surface area (Å²) in [5, 5.41) is 7.55. The Hall–Kier alpha value is -1.43. The average molecular weight is 310 g/mol. The first kappa shape index (κ1) is 13.0. The molecular weight excluding hydrogens is 294 g/mol. The molecule has 6 heteroatoms. The summed E-state index contributed by atoms with van der Waals surface area (Å²) in [6.07, 6.45) is 5.21. The quantitative estimate of drug-likeness (QED) is 0.943. The van der Waals surface area contributed by atoms with E-state index in [0.717, 1.165) is 28.2 Å². The van der Waals surface area contributed by atoms with E-state index in [0.29, 0.717) is 5.92 Å². The summed E-state index contributed by atoms with van der Waals surface area (Å²) >= 11 is 3.40. The second kappa shape index (κ2) is 5.48. The van der Waals surface area contributed by atoms with Crippen molar-refractivity contribution in [3.8, 4) is 5.82 Å². The fourth-order valence-corrected chi connectivity index (χ4v) is 2.11. The van der Waals surface area contributed by atoms with E-state index in [2.05, 4.69) is 57.1 Å². The number of halogens is 1. The van der Waals surface area contributed by atoms with Crippen molar-refractivity contribution in [3.05, 3.63) is 28.8 Å². The van der Waals surface area contributed by atoms with E-state index >= 15 is 0 Å². The van der Waals surface area contributed by atoms with Gasteiger partial charge in [0.2, 0.25) is 0 Å². The summed E-state index contributed by atoms with van der Waals surface area (Å²) in [5.74, 6) is 2.02. The van der Waals surface area contributed by atoms with Crippen LogP contribution in [0.5, 0.6) is 0 Å². The molecule has 18 heavy (non-hydrogen) atoms. The Morgan fingerprint density at radius 1 is 1.39 bits per heavy atom. The van der Waals surface area contributed by atoms with Crippen molar-refractivity contribution < 1.29 is 0 Å². The standard InChI is InChI=1S/C12H16BrN5/c1-4-14-11-10(8(2)3)12(16-7-15-11)18-6-9(13)5-17-18/h5-8H,4H2,1-3H3,(H,14,15,16). The molecule has 0 bridgehead atoms. The number of anilines is 1. The molecular formula is C12H16BrN5. The third-order valence-electron chi connectivity index (χ3n) is 2.55. The first-order chi connectivity index (χ1) is 8.63. The van der Waals surface area contributed by atoms with Crippen molar-refractivity contribution in [2.24, 2.45) is 0 Å². The first-order valence-corrected chi connectivity index (χ1v) is 6.72. The van der Waals surface area contributed by atoms with Crippen molar-refractivity contribution in [1.82, 2.24) is 19.7 Å². The second-order valence-electron chi connectivity index (χ2n) is 4.25. The van der Waals surface area contributed by atoms with Crippen LogP contribution in [0.15, 0.2) is 23.2 Å². The van der Waals surface area contributed by atoms with Crippen LogP contribution in [-0.4, -0.2) is 26.3 Å². The number of nitrogens with zero attached hydrogens (tertiary/aromatic N) is 4. The zero-order valence-electron chi connectivity index (χ0n) is 10.7. The predicted octanol–water partition coefficient (Wildman–Crippen LogP) is 2.98. The SMILES string of the molecule is CCNc1ncnc(-n2cc(Br)cn2)c1C(C)C. The van der Waals surface area contributed by atoms with Gasteiger partial charge in [0.15, 0.2) is 5.82 Å². The fourth-order valence-electron chi connectivity index (χ4n) is 1.83. The molecule has 96 valence electrons. The minimum atomic E-state index is 0.318. The molecule has 2 heterocycles. The summed E-state index contributed by atoms with van der Waals surface area (Å²) in [5.41, 5.74) is 1.08. The van der Waals surface area contributed by atoms with Crippen LogP contribution in [0.25, 0.3) is 5.82 Å². The van der Waals surface area contributed by atoms with Crippen molar-refractivity contribution >= 4 is 21.7 Å². The van der Waals surface area contributed by atoms with E-state index in [1.807, 2.05) is 6.20 Å². The molecule has 0 aliphatic rings. The van der Waals surface area contributed by atoms with Crippen LogP contribution in [0.2, 0.25) is 0 Å². The van der Waals surface area contributed by atoms with Gasteiger partial charge in [-0.1, -0.05) is 13.8 Å². The van der Waals surface area contributed by atoms with Gasteiger partial charge in [-0.15, -0.1) is 0 Å². The van der Waals surface area contributed by atoms with Crippen molar-refractivity contribution in [1.29, 1.82) is 0 Å². The molecule has 2 aromatic rings. The van der Waals surface area contributed by atoms with Gasteiger partial charge >= 0.3 is 0 Å². The van der Waals surface area contributed by atoms with Crippen LogP contribution < -0.4 is 5.32 Å². The van der Waals surface area contributed by atoms with E-state index in [-0.39, 0.29) is 0 Å². The van der Waals surface area contributed by atoms with Gasteiger partial charge in [0.1, 0.15) is 12.1 Å². The van der Waals surface area contributed by atoms with Crippen LogP contribution in [0.1, 0.15) is 32.3 Å². The summed E-state index contributed by atoms with van der Waals surface area (Å²) in [6.45, 7) is 7.14. The van der Waals surface area contributed by atoms with E-state index in [1.165, 1.54) is 0 Å². The summed E-state index contributed by atoms with van der Waals surface area (Å²) in [4.78, 5) is 8.66. The topological polar surface area (TPSA) is 55.6 Å². The Bertz CT molecular complexity index is 535. The number of hydrogen-bond acceptors (Lipinski definition) is 4. The van der Waals surface area contributed by atoms with Gasteiger partial charge in [-0.05, 0) is 28.8 Å². The zero-order valence-corrected chi connectivity index (χ0v) is 12.3. The number of nitrogens with one attached hydrogen (secondary N) is 1. The Morgan fingerprint density at radius 2 is 2.17 bits per heavy atom. The molecule has 0 amide bonds. The molecule has 0 saturated heterocycles. The zero-order chi connectivity index (χ0) is 13.1. The molecule has 0 unspecified atom stereocenters. The normalized spacial score (nSPS) is 10.9. The van der Waals surface area contributed by atoms with Crippen LogP contribution in [0.4, 0.5) is 5.82 Å².